The number of hydrogen-bond donors (Lipinski definition) is 1. The molecule has 100 valence electrons. The number of nitrogens with zero attached hydrogens (tertiary/aromatic N) is 2. The quantitative estimate of drug-likeness (QED) is 0.811. The summed E-state index contributed by atoms with van der Waals surface area (Å²) >= 11 is 0. The summed E-state index contributed by atoms with van der Waals surface area (Å²) in [5, 5.41) is 3.41. The molecule has 0 spiro atoms. The molecule has 4 nitrogen and oxygen atoms in total. The van der Waals surface area contributed by atoms with Crippen molar-refractivity contribution in [3.05, 3.63) is 29.1 Å². The topological polar surface area (TPSA) is 45.2 Å². The Kier molecular flexibility index (Phi) is 2.58. The van der Waals surface area contributed by atoms with Gasteiger partial charge in [0.1, 0.15) is 0 Å². The first-order valence-corrected chi connectivity index (χ1v) is 7.29. The number of carbonyl (C=O) groups is 1. The highest BCUT2D eigenvalue weighted by atomic mass is 16.2. The van der Waals surface area contributed by atoms with E-state index in [1.54, 1.807) is 6.20 Å². The van der Waals surface area contributed by atoms with E-state index in [9.17, 15) is 4.79 Å². The van der Waals surface area contributed by atoms with E-state index in [1.807, 2.05) is 4.90 Å². The number of aryl methyl sites for hydroxylation is 2. The average Bonchev–Trinajstić information content (AvgIpc) is 3.11. The third-order valence-electron chi connectivity index (χ3n) is 4.84. The predicted octanol–water partition coefficient (Wildman–Crippen LogP) is 0.862. The lowest BCUT2D eigenvalue weighted by Crippen LogP contribution is -2.32. The molecular weight excluding hydrogens is 238 g/mol. The molecule has 19 heavy (non-hydrogen) atoms. The second-order valence-electron chi connectivity index (χ2n) is 6.07. The van der Waals surface area contributed by atoms with Gasteiger partial charge in [0.25, 0.3) is 5.91 Å². The van der Waals surface area contributed by atoms with Crippen molar-refractivity contribution in [3.63, 3.8) is 0 Å². The average molecular weight is 257 g/mol. The number of likely N-dealkylation sites (tertiary alicyclic amines) is 1. The highest BCUT2D eigenvalue weighted by Crippen LogP contribution is 2.28. The standard InChI is InChI=1S/C15H19N3O/c19-15(18-8-12-5-16-6-13(12)9-18)11-4-10-2-1-3-14(10)17-7-11/h4,7,12-13,16H,1-3,5-6,8-9H2/t12-,13+. The monoisotopic (exact) mass is 257 g/mol. The number of carbonyl (C=O) groups excluding carboxylic acids is 1. The van der Waals surface area contributed by atoms with Crippen molar-refractivity contribution in [1.82, 2.24) is 15.2 Å². The van der Waals surface area contributed by atoms with Crippen LogP contribution >= 0.6 is 0 Å². The van der Waals surface area contributed by atoms with Gasteiger partial charge in [-0.25, -0.2) is 0 Å². The minimum absolute atomic E-state index is 0.177. The molecule has 0 unspecified atom stereocenters. The second-order valence-corrected chi connectivity index (χ2v) is 6.07. The van der Waals surface area contributed by atoms with Gasteiger partial charge in [0, 0.05) is 38.1 Å². The van der Waals surface area contributed by atoms with Crippen molar-refractivity contribution in [2.75, 3.05) is 26.2 Å². The normalized spacial score (nSPS) is 28.5. The van der Waals surface area contributed by atoms with Gasteiger partial charge in [-0.15, -0.1) is 0 Å². The summed E-state index contributed by atoms with van der Waals surface area (Å²) in [6, 6.07) is 2.07. The van der Waals surface area contributed by atoms with E-state index in [2.05, 4.69) is 16.4 Å². The Balaban J connectivity index is 1.54. The number of amides is 1. The van der Waals surface area contributed by atoms with E-state index in [1.165, 1.54) is 17.7 Å². The molecular formula is C15H19N3O. The number of hydrogen-bond acceptors (Lipinski definition) is 3. The molecule has 1 aromatic rings. The third-order valence-corrected chi connectivity index (χ3v) is 4.84. The summed E-state index contributed by atoms with van der Waals surface area (Å²) < 4.78 is 0. The molecule has 2 atom stereocenters. The summed E-state index contributed by atoms with van der Waals surface area (Å²) in [7, 11) is 0. The molecule has 3 heterocycles. The van der Waals surface area contributed by atoms with Gasteiger partial charge in [-0.2, -0.15) is 0 Å². The molecule has 1 aliphatic carbocycles. The Hall–Kier alpha value is -1.42. The first-order chi connectivity index (χ1) is 9.31. The summed E-state index contributed by atoms with van der Waals surface area (Å²) in [6.45, 7) is 3.95. The van der Waals surface area contributed by atoms with E-state index in [0.29, 0.717) is 11.8 Å². The molecule has 3 aliphatic rings. The molecule has 2 saturated heterocycles. The number of rotatable bonds is 1. The molecule has 2 fully saturated rings. The zero-order valence-electron chi connectivity index (χ0n) is 11.1. The van der Waals surface area contributed by atoms with Gasteiger partial charge in [-0.3, -0.25) is 9.78 Å². The Labute approximate surface area is 113 Å². The maximum atomic E-state index is 12.5. The van der Waals surface area contributed by atoms with Gasteiger partial charge in [-0.05, 0) is 42.7 Å². The van der Waals surface area contributed by atoms with Crippen molar-refractivity contribution in [3.8, 4) is 0 Å². The summed E-state index contributed by atoms with van der Waals surface area (Å²) in [6.07, 6.45) is 5.11. The van der Waals surface area contributed by atoms with Crippen molar-refractivity contribution in [1.29, 1.82) is 0 Å². The Bertz CT molecular complexity index is 516. The minimum Gasteiger partial charge on any atom is -0.338 e. The van der Waals surface area contributed by atoms with E-state index in [0.717, 1.165) is 44.6 Å². The fourth-order valence-electron chi connectivity index (χ4n) is 3.75. The molecule has 0 bridgehead atoms. The van der Waals surface area contributed by atoms with Crippen LogP contribution in [0.1, 0.15) is 28.0 Å². The van der Waals surface area contributed by atoms with Gasteiger partial charge in [0.05, 0.1) is 5.56 Å². The first-order valence-electron chi connectivity index (χ1n) is 7.29. The van der Waals surface area contributed by atoms with E-state index in [-0.39, 0.29) is 5.91 Å². The number of nitrogens with one attached hydrogen (secondary N) is 1. The number of fused-ring (bicyclic) bond motifs is 2. The Morgan fingerprint density at radius 1 is 1.26 bits per heavy atom. The summed E-state index contributed by atoms with van der Waals surface area (Å²) in [5.74, 6) is 1.49. The minimum atomic E-state index is 0.177. The molecule has 4 rings (SSSR count). The van der Waals surface area contributed by atoms with Crippen molar-refractivity contribution in [2.45, 2.75) is 19.3 Å². The van der Waals surface area contributed by atoms with Crippen LogP contribution in [0.15, 0.2) is 12.3 Å². The molecule has 0 aromatic carbocycles. The summed E-state index contributed by atoms with van der Waals surface area (Å²) in [4.78, 5) is 19.0. The van der Waals surface area contributed by atoms with Crippen LogP contribution in [0, 0.1) is 11.8 Å². The maximum absolute atomic E-state index is 12.5. The van der Waals surface area contributed by atoms with E-state index in [4.69, 9.17) is 0 Å². The van der Waals surface area contributed by atoms with Crippen molar-refractivity contribution in [2.24, 2.45) is 11.8 Å². The Morgan fingerprint density at radius 3 is 2.84 bits per heavy atom. The predicted molar refractivity (Wildman–Crippen MR) is 72.0 cm³/mol. The van der Waals surface area contributed by atoms with Gasteiger partial charge in [-0.1, -0.05) is 0 Å². The SMILES string of the molecule is O=C(c1cnc2c(c1)CCC2)N1C[C@H]2CNC[C@H]2C1. The highest BCUT2D eigenvalue weighted by molar-refractivity contribution is 5.94. The summed E-state index contributed by atoms with van der Waals surface area (Å²) in [5.41, 5.74) is 3.26. The molecule has 0 saturated carbocycles. The number of pyridine rings is 1. The molecule has 0 radical (unpaired) electrons. The molecule has 1 N–H and O–H groups in total. The van der Waals surface area contributed by atoms with E-state index >= 15 is 0 Å². The molecule has 2 aliphatic heterocycles. The lowest BCUT2D eigenvalue weighted by Gasteiger charge is -2.17. The van der Waals surface area contributed by atoms with Gasteiger partial charge in [0.15, 0.2) is 0 Å². The maximum Gasteiger partial charge on any atom is 0.255 e. The lowest BCUT2D eigenvalue weighted by molar-refractivity contribution is 0.0781. The van der Waals surface area contributed by atoms with Crippen molar-refractivity contribution >= 4 is 5.91 Å². The van der Waals surface area contributed by atoms with Crippen molar-refractivity contribution < 1.29 is 4.79 Å². The van der Waals surface area contributed by atoms with Gasteiger partial charge < -0.3 is 10.2 Å². The Morgan fingerprint density at radius 2 is 2.05 bits per heavy atom. The molecule has 1 amide bonds. The smallest absolute Gasteiger partial charge is 0.255 e. The van der Waals surface area contributed by atoms with Crippen LogP contribution in [0.2, 0.25) is 0 Å². The van der Waals surface area contributed by atoms with Crippen LogP contribution in [0.25, 0.3) is 0 Å². The largest absolute Gasteiger partial charge is 0.338 e. The van der Waals surface area contributed by atoms with Crippen LogP contribution in [-0.2, 0) is 12.8 Å². The van der Waals surface area contributed by atoms with Crippen LogP contribution < -0.4 is 5.32 Å². The third kappa shape index (κ3) is 1.86. The van der Waals surface area contributed by atoms with Crippen LogP contribution in [-0.4, -0.2) is 42.0 Å². The fraction of sp³-hybridized carbons (Fsp3) is 0.600. The fourth-order valence-corrected chi connectivity index (χ4v) is 3.75. The van der Waals surface area contributed by atoms with Gasteiger partial charge >= 0.3 is 0 Å². The second kappa shape index (κ2) is 4.30. The zero-order chi connectivity index (χ0) is 12.8. The molecule has 4 heteroatoms. The first kappa shape index (κ1) is 11.4. The highest BCUT2D eigenvalue weighted by Gasteiger charge is 2.38. The number of aromatic nitrogens is 1. The van der Waals surface area contributed by atoms with Crippen LogP contribution in [0.4, 0.5) is 0 Å². The van der Waals surface area contributed by atoms with Gasteiger partial charge in [0.2, 0.25) is 0 Å². The molecule has 1 aromatic heterocycles. The lowest BCUT2D eigenvalue weighted by atomic mass is 10.0. The van der Waals surface area contributed by atoms with Crippen LogP contribution in [0.5, 0.6) is 0 Å². The van der Waals surface area contributed by atoms with E-state index < -0.39 is 0 Å². The zero-order valence-corrected chi connectivity index (χ0v) is 11.1. The van der Waals surface area contributed by atoms with Crippen LogP contribution in [0.3, 0.4) is 0 Å².